The Morgan fingerprint density at radius 2 is 0.522 bits per heavy atom. The molecule has 0 aromatic carbocycles. The first kappa shape index (κ1) is 82.4. The standard InChI is InChI=1S/C78H146N8O4/c1-5-9-13-17-21-25-27-29-31-33-37-47-55-63-71-67-73(87)83-75(81-71)85-77(89)79-65-57-49-41-39-45-53-61-69(59-51-43-35-23-19-15-11-7-3)70(60-52-44-36-24-20-16-12-8-4)62-54-46-40-42-50-58-66-80-78(90)86-76-82-72(68-74(88)84-76)64-56-48-38-34-32-30-28-26-22-18-14-10-6-2/h67-70H,5-66H2,1-4H3,(H3,79,81,83,85,87,89)(H3,80,82,84,86,88,90). The first-order valence-electron chi connectivity index (χ1n) is 39.6. The number of hydrogen-bond donors (Lipinski definition) is 6. The SMILES string of the molecule is CCCCCCCCCCCCCCCc1cc(=O)nc(NC(=O)NCCCCCCCCC(CCCCCCCCCC)C(CCCCCCCCCC)CCCCCCCCNC(=O)Nc2nc(=O)cc(CCCCCCCCCCCCCCC)[nH]2)[nH]1. The number of carbonyl (C=O) groups is 2. The number of aryl methyl sites for hydroxylation is 2. The van der Waals surface area contributed by atoms with Gasteiger partial charge in [0.25, 0.3) is 11.1 Å². The second-order valence-electron chi connectivity index (χ2n) is 27.8. The predicted molar refractivity (Wildman–Crippen MR) is 389 cm³/mol. The van der Waals surface area contributed by atoms with Gasteiger partial charge in [0, 0.05) is 36.6 Å². The fraction of sp³-hybridized carbons (Fsp3) is 0.872. The molecule has 0 fully saturated rings. The number of rotatable bonds is 67. The van der Waals surface area contributed by atoms with E-state index in [2.05, 4.69) is 68.9 Å². The molecule has 0 aliphatic rings. The van der Waals surface area contributed by atoms with Gasteiger partial charge in [-0.1, -0.05) is 374 Å². The second-order valence-corrected chi connectivity index (χ2v) is 27.8. The van der Waals surface area contributed by atoms with Crippen molar-refractivity contribution >= 4 is 24.0 Å². The number of nitrogens with one attached hydrogen (secondary N) is 6. The summed E-state index contributed by atoms with van der Waals surface area (Å²) in [6.07, 6.45) is 77.5. The number of carbonyl (C=O) groups excluding carboxylic acids is 2. The normalized spacial score (nSPS) is 12.2. The molecule has 2 rings (SSSR count). The van der Waals surface area contributed by atoms with E-state index in [-0.39, 0.29) is 35.1 Å². The second kappa shape index (κ2) is 62.7. The molecule has 90 heavy (non-hydrogen) atoms. The number of nitrogens with zero attached hydrogens (tertiary/aromatic N) is 2. The summed E-state index contributed by atoms with van der Waals surface area (Å²) in [6.45, 7) is 10.4. The van der Waals surface area contributed by atoms with Crippen molar-refractivity contribution in [1.29, 1.82) is 0 Å². The predicted octanol–water partition coefficient (Wildman–Crippen LogP) is 23.8. The van der Waals surface area contributed by atoms with Crippen LogP contribution in [0, 0.1) is 11.8 Å². The maximum atomic E-state index is 12.8. The van der Waals surface area contributed by atoms with Crippen LogP contribution >= 0.6 is 0 Å². The van der Waals surface area contributed by atoms with Crippen LogP contribution in [0.15, 0.2) is 21.7 Å². The molecule has 0 spiro atoms. The smallest absolute Gasteiger partial charge is 0.321 e. The van der Waals surface area contributed by atoms with Crippen molar-refractivity contribution in [2.24, 2.45) is 11.8 Å². The number of urea groups is 2. The molecule has 2 atom stereocenters. The lowest BCUT2D eigenvalue weighted by molar-refractivity contribution is 0.236. The van der Waals surface area contributed by atoms with Crippen molar-refractivity contribution < 1.29 is 9.59 Å². The molecule has 12 nitrogen and oxygen atoms in total. The van der Waals surface area contributed by atoms with Gasteiger partial charge >= 0.3 is 12.1 Å². The van der Waals surface area contributed by atoms with Crippen molar-refractivity contribution in [2.45, 2.75) is 413 Å². The molecular weight excluding hydrogens is 1110 g/mol. The van der Waals surface area contributed by atoms with Crippen LogP contribution in [-0.2, 0) is 12.8 Å². The van der Waals surface area contributed by atoms with Crippen LogP contribution in [-0.4, -0.2) is 45.1 Å². The van der Waals surface area contributed by atoms with E-state index in [1.165, 1.54) is 321 Å². The van der Waals surface area contributed by atoms with Crippen LogP contribution in [0.5, 0.6) is 0 Å². The summed E-state index contributed by atoms with van der Waals surface area (Å²) in [5.74, 6) is 2.13. The Balaban J connectivity index is 1.75. The van der Waals surface area contributed by atoms with Crippen molar-refractivity contribution in [1.82, 2.24) is 30.6 Å². The zero-order valence-electron chi connectivity index (χ0n) is 59.7. The highest BCUT2D eigenvalue weighted by Gasteiger charge is 2.21. The summed E-state index contributed by atoms with van der Waals surface area (Å²) in [6, 6.07) is 2.53. The maximum absolute atomic E-state index is 12.8. The van der Waals surface area contributed by atoms with E-state index < -0.39 is 0 Å². The summed E-state index contributed by atoms with van der Waals surface area (Å²) in [5, 5.41) is 11.6. The van der Waals surface area contributed by atoms with E-state index in [1.54, 1.807) is 12.1 Å². The molecule has 0 saturated carbocycles. The van der Waals surface area contributed by atoms with E-state index in [0.717, 1.165) is 87.4 Å². The summed E-state index contributed by atoms with van der Waals surface area (Å²) in [5.41, 5.74) is 1.06. The summed E-state index contributed by atoms with van der Waals surface area (Å²) >= 11 is 0. The van der Waals surface area contributed by atoms with Crippen molar-refractivity contribution in [3.8, 4) is 0 Å². The Bertz CT molecular complexity index is 1880. The topological polar surface area (TPSA) is 174 Å². The van der Waals surface area contributed by atoms with Gasteiger partial charge in [-0.05, 0) is 50.4 Å². The van der Waals surface area contributed by atoms with Crippen LogP contribution in [0.4, 0.5) is 21.5 Å². The fourth-order valence-corrected chi connectivity index (χ4v) is 13.6. The van der Waals surface area contributed by atoms with Crippen molar-refractivity contribution in [3.63, 3.8) is 0 Å². The number of H-pyrrole nitrogens is 2. The Hall–Kier alpha value is -3.70. The first-order chi connectivity index (χ1) is 44.3. The summed E-state index contributed by atoms with van der Waals surface area (Å²) in [7, 11) is 0. The third-order valence-electron chi connectivity index (χ3n) is 19.3. The van der Waals surface area contributed by atoms with E-state index in [1.807, 2.05) is 0 Å². The molecule has 0 aliphatic carbocycles. The van der Waals surface area contributed by atoms with Gasteiger partial charge in [-0.3, -0.25) is 20.2 Å². The molecule has 2 aromatic rings. The Labute approximate surface area is 554 Å². The number of hydrogen-bond acceptors (Lipinski definition) is 6. The minimum Gasteiger partial charge on any atom is -0.338 e. The fourth-order valence-electron chi connectivity index (χ4n) is 13.6. The van der Waals surface area contributed by atoms with Crippen LogP contribution in [0.2, 0.25) is 0 Å². The molecule has 0 bridgehead atoms. The summed E-state index contributed by atoms with van der Waals surface area (Å²) in [4.78, 5) is 64.9. The van der Waals surface area contributed by atoms with Crippen LogP contribution in [0.1, 0.15) is 411 Å². The van der Waals surface area contributed by atoms with Gasteiger partial charge in [-0.25, -0.2) is 9.59 Å². The minimum absolute atomic E-state index is 0.234. The van der Waals surface area contributed by atoms with E-state index >= 15 is 0 Å². The molecule has 2 heterocycles. The number of anilines is 2. The monoisotopic (exact) mass is 1260 g/mol. The first-order valence-corrected chi connectivity index (χ1v) is 39.6. The lowest BCUT2D eigenvalue weighted by Crippen LogP contribution is -2.31. The zero-order valence-corrected chi connectivity index (χ0v) is 59.7. The van der Waals surface area contributed by atoms with Gasteiger partial charge in [-0.15, -0.1) is 0 Å². The van der Waals surface area contributed by atoms with Crippen molar-refractivity contribution in [3.05, 3.63) is 44.2 Å². The number of aromatic nitrogens is 4. The third-order valence-corrected chi connectivity index (χ3v) is 19.3. The largest absolute Gasteiger partial charge is 0.338 e. The highest BCUT2D eigenvalue weighted by molar-refractivity contribution is 5.87. The molecule has 6 N–H and O–H groups in total. The molecule has 4 amide bonds. The third kappa shape index (κ3) is 51.8. The molecular formula is C78H146N8O4. The molecule has 0 aliphatic heterocycles. The molecule has 522 valence electrons. The number of aromatic amines is 2. The lowest BCUT2D eigenvalue weighted by atomic mass is 9.78. The number of amides is 4. The Morgan fingerprint density at radius 3 is 0.767 bits per heavy atom. The van der Waals surface area contributed by atoms with Crippen LogP contribution < -0.4 is 32.4 Å². The molecule has 0 radical (unpaired) electrons. The highest BCUT2D eigenvalue weighted by Crippen LogP contribution is 2.34. The number of unbranched alkanes of at least 4 members (excludes halogenated alkanes) is 48. The average molecular weight is 1260 g/mol. The Morgan fingerprint density at radius 1 is 0.311 bits per heavy atom. The zero-order chi connectivity index (χ0) is 64.7. The average Bonchev–Trinajstić information content (AvgIpc) is 1.93. The molecule has 2 unspecified atom stereocenters. The van der Waals surface area contributed by atoms with Crippen LogP contribution in [0.3, 0.4) is 0 Å². The van der Waals surface area contributed by atoms with Gasteiger partial charge in [0.15, 0.2) is 0 Å². The molecule has 0 saturated heterocycles. The summed E-state index contributed by atoms with van der Waals surface area (Å²) < 4.78 is 0. The molecule has 2 aromatic heterocycles. The Kier molecular flexibility index (Phi) is 57.4. The van der Waals surface area contributed by atoms with E-state index in [4.69, 9.17) is 0 Å². The van der Waals surface area contributed by atoms with Gasteiger partial charge in [0.05, 0.1) is 0 Å². The van der Waals surface area contributed by atoms with Gasteiger partial charge in [0.1, 0.15) is 0 Å². The van der Waals surface area contributed by atoms with E-state index in [0.29, 0.717) is 13.1 Å². The van der Waals surface area contributed by atoms with Gasteiger partial charge < -0.3 is 20.6 Å². The highest BCUT2D eigenvalue weighted by atomic mass is 16.2. The maximum Gasteiger partial charge on any atom is 0.321 e. The molecule has 12 heteroatoms. The van der Waals surface area contributed by atoms with Crippen LogP contribution in [0.25, 0.3) is 0 Å². The van der Waals surface area contributed by atoms with E-state index in [9.17, 15) is 19.2 Å². The lowest BCUT2D eigenvalue weighted by Gasteiger charge is -2.28. The quantitative estimate of drug-likeness (QED) is 0.0360. The van der Waals surface area contributed by atoms with Gasteiger partial charge in [0.2, 0.25) is 11.9 Å². The minimum atomic E-state index is -0.312. The van der Waals surface area contributed by atoms with Gasteiger partial charge in [-0.2, -0.15) is 9.97 Å². The van der Waals surface area contributed by atoms with Crippen molar-refractivity contribution in [2.75, 3.05) is 23.7 Å².